The molecule has 0 aromatic heterocycles. The summed E-state index contributed by atoms with van der Waals surface area (Å²) in [6, 6.07) is 6.18. The third kappa shape index (κ3) is 2.71. The lowest BCUT2D eigenvalue weighted by molar-refractivity contribution is -0.145. The number of esters is 1. The predicted molar refractivity (Wildman–Crippen MR) is 62.8 cm³/mol. The minimum Gasteiger partial charge on any atom is -0.443 e. The molecule has 0 unspecified atom stereocenters. The number of halogens is 2. The van der Waals surface area contributed by atoms with Gasteiger partial charge in [0.2, 0.25) is 0 Å². The largest absolute Gasteiger partial charge is 0.443 e. The quantitative estimate of drug-likeness (QED) is 0.625. The second-order valence-corrected chi connectivity index (χ2v) is 3.93. The zero-order chi connectivity index (χ0) is 14.7. The van der Waals surface area contributed by atoms with Crippen molar-refractivity contribution in [1.82, 2.24) is 4.90 Å². The molecule has 0 saturated heterocycles. The molecule has 0 bridgehead atoms. The Morgan fingerprint density at radius 2 is 1.70 bits per heavy atom. The molecule has 1 heterocycles. The Morgan fingerprint density at radius 1 is 1.15 bits per heavy atom. The number of ether oxygens (including phenoxy) is 1. The van der Waals surface area contributed by atoms with Gasteiger partial charge < -0.3 is 4.74 Å². The van der Waals surface area contributed by atoms with Crippen LogP contribution in [0.2, 0.25) is 0 Å². The maximum Gasteiger partial charge on any atom is 0.311 e. The molecule has 7 heteroatoms. The SMILES string of the molecule is O=C(CC=C(F)F)OCN1C(=O)c2ccccc2C1=O. The molecule has 5 nitrogen and oxygen atoms in total. The lowest BCUT2D eigenvalue weighted by atomic mass is 10.1. The summed E-state index contributed by atoms with van der Waals surface area (Å²) in [5.74, 6) is -2.11. The number of hydrogen-bond acceptors (Lipinski definition) is 4. The summed E-state index contributed by atoms with van der Waals surface area (Å²) in [6.07, 6.45) is -2.22. The molecule has 2 amide bonds. The third-order valence-corrected chi connectivity index (χ3v) is 2.66. The standard InChI is InChI=1S/C13H9F2NO4/c14-10(15)5-6-11(17)20-7-16-12(18)8-3-1-2-4-9(8)13(16)19/h1-5H,6-7H2. The van der Waals surface area contributed by atoms with Crippen LogP contribution in [0.4, 0.5) is 8.78 Å². The fourth-order valence-electron chi connectivity index (χ4n) is 1.71. The van der Waals surface area contributed by atoms with Crippen molar-refractivity contribution in [2.24, 2.45) is 0 Å². The molecule has 0 spiro atoms. The van der Waals surface area contributed by atoms with Crippen LogP contribution in [0.5, 0.6) is 0 Å². The Morgan fingerprint density at radius 3 is 2.20 bits per heavy atom. The normalized spacial score (nSPS) is 13.2. The highest BCUT2D eigenvalue weighted by Crippen LogP contribution is 2.22. The highest BCUT2D eigenvalue weighted by Gasteiger charge is 2.35. The van der Waals surface area contributed by atoms with E-state index < -0.39 is 37.0 Å². The zero-order valence-electron chi connectivity index (χ0n) is 10.1. The number of rotatable bonds is 4. The van der Waals surface area contributed by atoms with E-state index in [1.165, 1.54) is 12.1 Å². The van der Waals surface area contributed by atoms with Gasteiger partial charge in [0.25, 0.3) is 17.9 Å². The van der Waals surface area contributed by atoms with Gasteiger partial charge in [0.05, 0.1) is 17.5 Å². The molecule has 2 rings (SSSR count). The van der Waals surface area contributed by atoms with Crippen LogP contribution >= 0.6 is 0 Å². The molecule has 1 aliphatic heterocycles. The van der Waals surface area contributed by atoms with Gasteiger partial charge in [-0.25, -0.2) is 4.90 Å². The van der Waals surface area contributed by atoms with E-state index in [9.17, 15) is 23.2 Å². The zero-order valence-corrected chi connectivity index (χ0v) is 10.1. The number of hydrogen-bond donors (Lipinski definition) is 0. The van der Waals surface area contributed by atoms with Crippen LogP contribution in [-0.2, 0) is 9.53 Å². The fourth-order valence-corrected chi connectivity index (χ4v) is 1.71. The van der Waals surface area contributed by atoms with Crippen molar-refractivity contribution in [2.75, 3.05) is 6.73 Å². The molecule has 0 fully saturated rings. The van der Waals surface area contributed by atoms with Gasteiger partial charge in [-0.2, -0.15) is 8.78 Å². The summed E-state index contributed by atoms with van der Waals surface area (Å²) in [4.78, 5) is 35.6. The first-order valence-electron chi connectivity index (χ1n) is 5.62. The first-order valence-corrected chi connectivity index (χ1v) is 5.62. The van der Waals surface area contributed by atoms with Gasteiger partial charge in [0.15, 0.2) is 6.73 Å². The molecule has 104 valence electrons. The van der Waals surface area contributed by atoms with Crippen molar-refractivity contribution in [1.29, 1.82) is 0 Å². The average Bonchev–Trinajstić information content (AvgIpc) is 2.67. The van der Waals surface area contributed by atoms with Gasteiger partial charge in [-0.1, -0.05) is 12.1 Å². The first kappa shape index (κ1) is 13.9. The molecule has 1 aliphatic rings. The van der Waals surface area contributed by atoms with Gasteiger partial charge in [0, 0.05) is 0 Å². The fraction of sp³-hybridized carbons (Fsp3) is 0.154. The number of carbonyl (C=O) groups is 3. The number of carbonyl (C=O) groups excluding carboxylic acids is 3. The second-order valence-electron chi connectivity index (χ2n) is 3.93. The number of benzene rings is 1. The Kier molecular flexibility index (Phi) is 3.88. The molecule has 0 saturated carbocycles. The summed E-state index contributed by atoms with van der Waals surface area (Å²) in [5, 5.41) is 0. The average molecular weight is 281 g/mol. The molecule has 0 atom stereocenters. The summed E-state index contributed by atoms with van der Waals surface area (Å²) < 4.78 is 28.2. The summed E-state index contributed by atoms with van der Waals surface area (Å²) in [7, 11) is 0. The van der Waals surface area contributed by atoms with E-state index in [2.05, 4.69) is 4.74 Å². The van der Waals surface area contributed by atoms with Crippen molar-refractivity contribution < 1.29 is 27.9 Å². The molecule has 0 radical (unpaired) electrons. The van der Waals surface area contributed by atoms with E-state index >= 15 is 0 Å². The van der Waals surface area contributed by atoms with E-state index in [1.807, 2.05) is 0 Å². The monoisotopic (exact) mass is 281 g/mol. The number of amides is 2. The van der Waals surface area contributed by atoms with Crippen LogP contribution in [0.15, 0.2) is 36.4 Å². The molecule has 0 aliphatic carbocycles. The number of fused-ring (bicyclic) bond motifs is 1. The highest BCUT2D eigenvalue weighted by molar-refractivity contribution is 6.21. The van der Waals surface area contributed by atoms with Gasteiger partial charge in [-0.3, -0.25) is 14.4 Å². The Bertz CT molecular complexity index is 573. The maximum atomic E-state index is 11.9. The number of imide groups is 1. The molecule has 0 N–H and O–H groups in total. The smallest absolute Gasteiger partial charge is 0.311 e. The van der Waals surface area contributed by atoms with E-state index in [4.69, 9.17) is 0 Å². The second kappa shape index (κ2) is 5.60. The molecular formula is C13H9F2NO4. The Balaban J connectivity index is 1.99. The van der Waals surface area contributed by atoms with Gasteiger partial charge in [-0.15, -0.1) is 0 Å². The van der Waals surface area contributed by atoms with Crippen LogP contribution < -0.4 is 0 Å². The Hall–Kier alpha value is -2.57. The van der Waals surface area contributed by atoms with Crippen molar-refractivity contribution >= 4 is 17.8 Å². The van der Waals surface area contributed by atoms with Crippen LogP contribution in [0.1, 0.15) is 27.1 Å². The van der Waals surface area contributed by atoms with E-state index in [0.29, 0.717) is 6.08 Å². The van der Waals surface area contributed by atoms with Crippen LogP contribution in [0.25, 0.3) is 0 Å². The maximum absolute atomic E-state index is 11.9. The van der Waals surface area contributed by atoms with Crippen molar-refractivity contribution in [3.05, 3.63) is 47.5 Å². The van der Waals surface area contributed by atoms with E-state index in [1.54, 1.807) is 12.1 Å². The van der Waals surface area contributed by atoms with Crippen molar-refractivity contribution in [3.8, 4) is 0 Å². The minimum atomic E-state index is -2.00. The van der Waals surface area contributed by atoms with Crippen LogP contribution in [0, 0.1) is 0 Å². The van der Waals surface area contributed by atoms with E-state index in [-0.39, 0.29) is 11.1 Å². The Labute approximate surface area is 112 Å². The summed E-state index contributed by atoms with van der Waals surface area (Å²) in [5.41, 5.74) is 0.450. The molecular weight excluding hydrogens is 272 g/mol. The van der Waals surface area contributed by atoms with Gasteiger partial charge in [0.1, 0.15) is 0 Å². The number of nitrogens with zero attached hydrogens (tertiary/aromatic N) is 1. The first-order chi connectivity index (χ1) is 9.50. The lowest BCUT2D eigenvalue weighted by Crippen LogP contribution is -2.33. The van der Waals surface area contributed by atoms with Crippen molar-refractivity contribution in [2.45, 2.75) is 6.42 Å². The third-order valence-electron chi connectivity index (χ3n) is 2.66. The van der Waals surface area contributed by atoms with Gasteiger partial charge >= 0.3 is 5.97 Å². The highest BCUT2D eigenvalue weighted by atomic mass is 19.3. The molecule has 1 aromatic rings. The van der Waals surface area contributed by atoms with Crippen LogP contribution in [0.3, 0.4) is 0 Å². The van der Waals surface area contributed by atoms with Crippen LogP contribution in [-0.4, -0.2) is 29.4 Å². The minimum absolute atomic E-state index is 0.225. The van der Waals surface area contributed by atoms with E-state index in [0.717, 1.165) is 4.90 Å². The molecule has 1 aromatic carbocycles. The van der Waals surface area contributed by atoms with Crippen molar-refractivity contribution in [3.63, 3.8) is 0 Å². The summed E-state index contributed by atoms with van der Waals surface area (Å²) in [6.45, 7) is -0.590. The topological polar surface area (TPSA) is 63.7 Å². The lowest BCUT2D eigenvalue weighted by Gasteiger charge is -2.13. The predicted octanol–water partition coefficient (Wildman–Crippen LogP) is 1.95. The molecule has 20 heavy (non-hydrogen) atoms. The van der Waals surface area contributed by atoms with Gasteiger partial charge in [-0.05, 0) is 18.2 Å². The summed E-state index contributed by atoms with van der Waals surface area (Å²) >= 11 is 0.